The van der Waals surface area contributed by atoms with Gasteiger partial charge >= 0.3 is 0 Å². The van der Waals surface area contributed by atoms with Crippen molar-refractivity contribution in [3.8, 4) is 11.3 Å². The lowest BCUT2D eigenvalue weighted by Gasteiger charge is -2.18. The molecule has 0 unspecified atom stereocenters. The number of hydrogen-bond acceptors (Lipinski definition) is 2. The van der Waals surface area contributed by atoms with Crippen molar-refractivity contribution in [2.75, 3.05) is 13.1 Å². The molecule has 0 aliphatic rings. The van der Waals surface area contributed by atoms with E-state index in [-0.39, 0.29) is 5.91 Å². The zero-order valence-corrected chi connectivity index (χ0v) is 17.1. The van der Waals surface area contributed by atoms with Crippen LogP contribution in [0.25, 0.3) is 16.9 Å². The average molecular weight is 468 g/mol. The lowest BCUT2D eigenvalue weighted by atomic mass is 10.1. The maximum Gasteiger partial charge on any atom is 0.228 e. The lowest BCUT2D eigenvalue weighted by molar-refractivity contribution is -0.130. The molecule has 0 bridgehead atoms. The number of nitrogens with zero attached hydrogens (tertiary/aromatic N) is 3. The molecule has 0 aliphatic heterocycles. The fraction of sp³-hybridized carbons (Fsp3) is 0.263. The molecule has 1 amide bonds. The lowest BCUT2D eigenvalue weighted by Crippen LogP contribution is -2.32. The third-order valence-corrected chi connectivity index (χ3v) is 5.19. The number of benzene rings is 1. The minimum Gasteiger partial charge on any atom is -0.343 e. The number of likely N-dealkylation sites (N-methyl/N-ethyl adjacent to an activating group) is 1. The second kappa shape index (κ2) is 7.74. The molecule has 25 heavy (non-hydrogen) atoms. The first-order chi connectivity index (χ1) is 12.0. The van der Waals surface area contributed by atoms with Crippen LogP contribution in [-0.2, 0) is 11.2 Å². The number of rotatable bonds is 5. The van der Waals surface area contributed by atoms with Crippen LogP contribution >= 0.6 is 34.2 Å². The first-order valence-corrected chi connectivity index (χ1v) is 9.69. The molecule has 0 aliphatic carbocycles. The van der Waals surface area contributed by atoms with Gasteiger partial charge in [-0.3, -0.25) is 4.79 Å². The quantitative estimate of drug-likeness (QED) is 0.512. The summed E-state index contributed by atoms with van der Waals surface area (Å²) in [5, 5.41) is 0.633. The van der Waals surface area contributed by atoms with Crippen LogP contribution in [0.4, 0.5) is 0 Å². The zero-order valence-electron chi connectivity index (χ0n) is 14.2. The third-order valence-electron chi connectivity index (χ3n) is 4.24. The average Bonchev–Trinajstić information content (AvgIpc) is 2.94. The van der Waals surface area contributed by atoms with Crippen LogP contribution in [0.3, 0.4) is 0 Å². The van der Waals surface area contributed by atoms with Crippen molar-refractivity contribution in [3.05, 3.63) is 56.9 Å². The number of fused-ring (bicyclic) bond motifs is 1. The van der Waals surface area contributed by atoms with E-state index in [1.54, 1.807) is 0 Å². The van der Waals surface area contributed by atoms with Crippen molar-refractivity contribution >= 4 is 45.7 Å². The fourth-order valence-electron chi connectivity index (χ4n) is 2.91. The van der Waals surface area contributed by atoms with Crippen LogP contribution in [0.2, 0.25) is 5.02 Å². The fourth-order valence-corrected chi connectivity index (χ4v) is 3.42. The smallest absolute Gasteiger partial charge is 0.228 e. The Bertz CT molecular complexity index is 901. The summed E-state index contributed by atoms with van der Waals surface area (Å²) in [6.45, 7) is 5.40. The molecule has 1 aromatic carbocycles. The second-order valence-electron chi connectivity index (χ2n) is 5.73. The highest BCUT2D eigenvalue weighted by molar-refractivity contribution is 14.1. The normalized spacial score (nSPS) is 11.0. The minimum absolute atomic E-state index is 0.105. The van der Waals surface area contributed by atoms with Crippen LogP contribution in [0.1, 0.15) is 19.5 Å². The van der Waals surface area contributed by atoms with Gasteiger partial charge in [0.25, 0.3) is 0 Å². The molecule has 0 saturated heterocycles. The van der Waals surface area contributed by atoms with Crippen molar-refractivity contribution in [2.24, 2.45) is 0 Å². The first kappa shape index (κ1) is 18.2. The summed E-state index contributed by atoms with van der Waals surface area (Å²) in [4.78, 5) is 19.3. The molecule has 0 saturated carbocycles. The van der Waals surface area contributed by atoms with Gasteiger partial charge in [0.05, 0.1) is 17.8 Å². The molecule has 0 radical (unpaired) electrons. The van der Waals surface area contributed by atoms with Gasteiger partial charge in [-0.1, -0.05) is 23.7 Å². The highest BCUT2D eigenvalue weighted by atomic mass is 127. The van der Waals surface area contributed by atoms with Gasteiger partial charge in [0.15, 0.2) is 0 Å². The van der Waals surface area contributed by atoms with Crippen molar-refractivity contribution in [3.63, 3.8) is 0 Å². The van der Waals surface area contributed by atoms with Gasteiger partial charge in [-0.25, -0.2) is 4.98 Å². The Labute approximate surface area is 166 Å². The topological polar surface area (TPSA) is 37.6 Å². The molecule has 0 fully saturated rings. The van der Waals surface area contributed by atoms with E-state index in [1.807, 2.05) is 65.7 Å². The summed E-state index contributed by atoms with van der Waals surface area (Å²) in [5.74, 6) is 0.105. The molecular formula is C19H19ClIN3O. The second-order valence-corrected chi connectivity index (χ2v) is 7.41. The molecule has 0 N–H and O–H groups in total. The van der Waals surface area contributed by atoms with Gasteiger partial charge in [0, 0.05) is 39.5 Å². The van der Waals surface area contributed by atoms with Gasteiger partial charge in [0.1, 0.15) is 5.65 Å². The minimum atomic E-state index is 0.105. The Kier molecular flexibility index (Phi) is 5.64. The highest BCUT2D eigenvalue weighted by Crippen LogP contribution is 2.27. The molecule has 130 valence electrons. The van der Waals surface area contributed by atoms with Crippen LogP contribution in [0, 0.1) is 3.57 Å². The number of halogens is 2. The molecule has 2 heterocycles. The number of imidazole rings is 1. The highest BCUT2D eigenvalue weighted by Gasteiger charge is 2.19. The molecule has 0 atom stereocenters. The predicted octanol–water partition coefficient (Wildman–Crippen LogP) is 4.67. The predicted molar refractivity (Wildman–Crippen MR) is 110 cm³/mol. The number of carbonyl (C=O) groups excluding carboxylic acids is 1. The summed E-state index contributed by atoms with van der Waals surface area (Å²) >= 11 is 8.40. The van der Waals surface area contributed by atoms with Gasteiger partial charge in [-0.2, -0.15) is 0 Å². The van der Waals surface area contributed by atoms with E-state index < -0.39 is 0 Å². The van der Waals surface area contributed by atoms with Gasteiger partial charge in [-0.05, 0) is 54.6 Å². The number of carbonyl (C=O) groups is 1. The van der Waals surface area contributed by atoms with E-state index in [2.05, 4.69) is 22.6 Å². The standard InChI is InChI=1S/C19H19ClIN3O/c1-3-23(4-2)18(25)12-16-19(13-5-7-15(21)8-6-13)22-17-11-14(20)9-10-24(16)17/h5-11H,3-4,12H2,1-2H3. The summed E-state index contributed by atoms with van der Waals surface area (Å²) in [6, 6.07) is 11.8. The summed E-state index contributed by atoms with van der Waals surface area (Å²) in [7, 11) is 0. The molecule has 6 heteroatoms. The monoisotopic (exact) mass is 467 g/mol. The maximum absolute atomic E-state index is 12.7. The van der Waals surface area contributed by atoms with E-state index in [0.717, 1.165) is 26.2 Å². The van der Waals surface area contributed by atoms with E-state index in [9.17, 15) is 4.79 Å². The maximum atomic E-state index is 12.7. The van der Waals surface area contributed by atoms with Gasteiger partial charge in [0.2, 0.25) is 5.91 Å². The van der Waals surface area contributed by atoms with Gasteiger partial charge in [-0.15, -0.1) is 0 Å². The van der Waals surface area contributed by atoms with E-state index >= 15 is 0 Å². The zero-order chi connectivity index (χ0) is 18.0. The number of hydrogen-bond donors (Lipinski definition) is 0. The van der Waals surface area contributed by atoms with Crippen molar-refractivity contribution in [1.82, 2.24) is 14.3 Å². The molecule has 3 rings (SSSR count). The number of amides is 1. The van der Waals surface area contributed by atoms with Crippen molar-refractivity contribution in [1.29, 1.82) is 0 Å². The van der Waals surface area contributed by atoms with Gasteiger partial charge < -0.3 is 9.30 Å². The molecular weight excluding hydrogens is 449 g/mol. The molecule has 2 aromatic heterocycles. The summed E-state index contributed by atoms with van der Waals surface area (Å²) in [6.07, 6.45) is 2.19. The molecule has 4 nitrogen and oxygen atoms in total. The van der Waals surface area contributed by atoms with Crippen molar-refractivity contribution in [2.45, 2.75) is 20.3 Å². The van der Waals surface area contributed by atoms with Crippen molar-refractivity contribution < 1.29 is 4.79 Å². The largest absolute Gasteiger partial charge is 0.343 e. The van der Waals surface area contributed by atoms with E-state index in [0.29, 0.717) is 24.5 Å². The first-order valence-electron chi connectivity index (χ1n) is 8.23. The SMILES string of the molecule is CCN(CC)C(=O)Cc1c(-c2ccc(I)cc2)nc2cc(Cl)ccn12. The third kappa shape index (κ3) is 3.82. The molecule has 0 spiro atoms. The Morgan fingerprint density at radius 1 is 1.20 bits per heavy atom. The number of pyridine rings is 1. The number of aromatic nitrogens is 2. The summed E-state index contributed by atoms with van der Waals surface area (Å²) in [5.41, 5.74) is 3.48. The van der Waals surface area contributed by atoms with Crippen LogP contribution in [-0.4, -0.2) is 33.3 Å². The van der Waals surface area contributed by atoms with Crippen LogP contribution in [0.15, 0.2) is 42.6 Å². The summed E-state index contributed by atoms with van der Waals surface area (Å²) < 4.78 is 3.12. The van der Waals surface area contributed by atoms with Crippen LogP contribution < -0.4 is 0 Å². The van der Waals surface area contributed by atoms with E-state index in [1.165, 1.54) is 0 Å². The van der Waals surface area contributed by atoms with E-state index in [4.69, 9.17) is 16.6 Å². The Morgan fingerprint density at radius 3 is 2.52 bits per heavy atom. The van der Waals surface area contributed by atoms with Crippen LogP contribution in [0.5, 0.6) is 0 Å². The molecule has 3 aromatic rings. The Morgan fingerprint density at radius 2 is 1.88 bits per heavy atom. The Hall–Kier alpha value is -1.60. The Balaban J connectivity index is 2.12.